The van der Waals surface area contributed by atoms with E-state index in [1.807, 2.05) is 0 Å². The van der Waals surface area contributed by atoms with Crippen molar-refractivity contribution in [3.8, 4) is 0 Å². The standard InChI is InChI=1S/C28H29/c1-3-5-10-21-28(4-2,26-19-11-15-22-13-6-8-17-24(22)26)27-20-12-16-23-14-7-9-18-25(23)27/h6-9,11-20H,2-5,10,21H2,1H3. The molecule has 4 rings (SSSR count). The van der Waals surface area contributed by atoms with Crippen molar-refractivity contribution < 1.29 is 0 Å². The fraction of sp³-hybridized carbons (Fsp3) is 0.250. The lowest BCUT2D eigenvalue weighted by atomic mass is 9.67. The molecule has 0 fully saturated rings. The monoisotopic (exact) mass is 365 g/mol. The van der Waals surface area contributed by atoms with Crippen LogP contribution in [0, 0.1) is 6.92 Å². The average Bonchev–Trinajstić information content (AvgIpc) is 2.76. The number of rotatable bonds is 7. The molecule has 0 aromatic heterocycles. The molecule has 0 amide bonds. The van der Waals surface area contributed by atoms with Gasteiger partial charge in [0.05, 0.1) is 0 Å². The molecule has 4 aromatic rings. The van der Waals surface area contributed by atoms with E-state index in [0.717, 1.165) is 12.8 Å². The first-order chi connectivity index (χ1) is 13.8. The number of fused-ring (bicyclic) bond motifs is 2. The Labute approximate surface area is 169 Å². The SMILES string of the molecule is [CH2]CC(CCCCC)(c1cccc2ccccc12)c1cccc2ccccc12. The third kappa shape index (κ3) is 3.22. The van der Waals surface area contributed by atoms with Gasteiger partial charge in [-0.2, -0.15) is 0 Å². The van der Waals surface area contributed by atoms with Crippen LogP contribution in [0.25, 0.3) is 21.5 Å². The Morgan fingerprint density at radius 3 is 1.64 bits per heavy atom. The fourth-order valence-electron chi connectivity index (χ4n) is 4.77. The molecule has 0 nitrogen and oxygen atoms in total. The highest BCUT2D eigenvalue weighted by Crippen LogP contribution is 2.45. The van der Waals surface area contributed by atoms with Crippen LogP contribution in [0.1, 0.15) is 50.2 Å². The van der Waals surface area contributed by atoms with E-state index in [0.29, 0.717) is 0 Å². The van der Waals surface area contributed by atoms with Gasteiger partial charge in [-0.1, -0.05) is 118 Å². The van der Waals surface area contributed by atoms with Crippen molar-refractivity contribution in [2.24, 2.45) is 0 Å². The van der Waals surface area contributed by atoms with E-state index in [9.17, 15) is 0 Å². The summed E-state index contributed by atoms with van der Waals surface area (Å²) in [6.07, 6.45) is 5.71. The molecule has 0 bridgehead atoms. The Balaban J connectivity index is 2.01. The van der Waals surface area contributed by atoms with Gasteiger partial charge in [-0.05, 0) is 45.5 Å². The number of hydrogen-bond acceptors (Lipinski definition) is 0. The fourth-order valence-corrected chi connectivity index (χ4v) is 4.77. The Morgan fingerprint density at radius 2 is 1.14 bits per heavy atom. The predicted molar refractivity (Wildman–Crippen MR) is 123 cm³/mol. The van der Waals surface area contributed by atoms with Gasteiger partial charge in [0, 0.05) is 5.41 Å². The van der Waals surface area contributed by atoms with Crippen LogP contribution in [-0.2, 0) is 5.41 Å². The van der Waals surface area contributed by atoms with Gasteiger partial charge in [0.15, 0.2) is 0 Å². The summed E-state index contributed by atoms with van der Waals surface area (Å²) < 4.78 is 0. The normalized spacial score (nSPS) is 11.9. The van der Waals surface area contributed by atoms with Crippen LogP contribution in [0.4, 0.5) is 0 Å². The van der Waals surface area contributed by atoms with E-state index < -0.39 is 0 Å². The molecular formula is C28H29. The summed E-state index contributed by atoms with van der Waals surface area (Å²) in [7, 11) is 0. The van der Waals surface area contributed by atoms with Crippen LogP contribution in [0.5, 0.6) is 0 Å². The first-order valence-corrected chi connectivity index (χ1v) is 10.6. The van der Waals surface area contributed by atoms with E-state index in [-0.39, 0.29) is 5.41 Å². The highest BCUT2D eigenvalue weighted by Gasteiger charge is 2.34. The van der Waals surface area contributed by atoms with Crippen molar-refractivity contribution in [1.82, 2.24) is 0 Å². The van der Waals surface area contributed by atoms with Crippen molar-refractivity contribution in [3.63, 3.8) is 0 Å². The second-order valence-electron chi connectivity index (χ2n) is 7.84. The van der Waals surface area contributed by atoms with Gasteiger partial charge in [0.25, 0.3) is 0 Å². The summed E-state index contributed by atoms with van der Waals surface area (Å²) in [5.41, 5.74) is 2.78. The predicted octanol–water partition coefficient (Wildman–Crippen LogP) is 8.08. The summed E-state index contributed by atoms with van der Waals surface area (Å²) in [6.45, 7) is 6.78. The molecule has 0 saturated heterocycles. The van der Waals surface area contributed by atoms with E-state index in [1.54, 1.807) is 0 Å². The maximum absolute atomic E-state index is 4.50. The number of unbranched alkanes of at least 4 members (excludes halogenated alkanes) is 2. The quantitative estimate of drug-likeness (QED) is 0.290. The summed E-state index contributed by atoms with van der Waals surface area (Å²) in [5.74, 6) is 0. The Morgan fingerprint density at radius 1 is 0.643 bits per heavy atom. The Hall–Kier alpha value is -2.60. The molecule has 0 aliphatic rings. The van der Waals surface area contributed by atoms with Gasteiger partial charge in [-0.25, -0.2) is 0 Å². The largest absolute Gasteiger partial charge is 0.0654 e. The zero-order valence-corrected chi connectivity index (χ0v) is 16.8. The van der Waals surface area contributed by atoms with Gasteiger partial charge in [0.1, 0.15) is 0 Å². The third-order valence-corrected chi connectivity index (χ3v) is 6.24. The lowest BCUT2D eigenvalue weighted by Gasteiger charge is -2.36. The summed E-state index contributed by atoms with van der Waals surface area (Å²) in [6, 6.07) is 31.1. The first-order valence-electron chi connectivity index (χ1n) is 10.6. The van der Waals surface area contributed by atoms with Crippen LogP contribution in [-0.4, -0.2) is 0 Å². The molecule has 0 heterocycles. The molecule has 0 saturated carbocycles. The minimum Gasteiger partial charge on any atom is -0.0654 e. The molecule has 0 aliphatic heterocycles. The number of hydrogen-bond donors (Lipinski definition) is 0. The van der Waals surface area contributed by atoms with Crippen LogP contribution in [0.2, 0.25) is 0 Å². The lowest BCUT2D eigenvalue weighted by molar-refractivity contribution is 0.454. The maximum Gasteiger partial charge on any atom is 0.0215 e. The average molecular weight is 366 g/mol. The smallest absolute Gasteiger partial charge is 0.0215 e. The molecule has 0 unspecified atom stereocenters. The second-order valence-corrected chi connectivity index (χ2v) is 7.84. The maximum atomic E-state index is 4.50. The molecule has 4 aromatic carbocycles. The molecule has 0 aliphatic carbocycles. The Bertz CT molecular complexity index is 984. The second kappa shape index (κ2) is 8.19. The summed E-state index contributed by atoms with van der Waals surface area (Å²) in [4.78, 5) is 0. The van der Waals surface area contributed by atoms with Crippen molar-refractivity contribution >= 4 is 21.5 Å². The van der Waals surface area contributed by atoms with E-state index in [4.69, 9.17) is 0 Å². The van der Waals surface area contributed by atoms with Crippen molar-refractivity contribution in [1.29, 1.82) is 0 Å². The van der Waals surface area contributed by atoms with E-state index in [2.05, 4.69) is 98.8 Å². The van der Waals surface area contributed by atoms with Crippen LogP contribution in [0.15, 0.2) is 84.9 Å². The van der Waals surface area contributed by atoms with Gasteiger partial charge in [-0.3, -0.25) is 0 Å². The highest BCUT2D eigenvalue weighted by atomic mass is 14.4. The van der Waals surface area contributed by atoms with Crippen LogP contribution < -0.4 is 0 Å². The molecule has 0 atom stereocenters. The molecule has 141 valence electrons. The topological polar surface area (TPSA) is 0 Å². The summed E-state index contributed by atoms with van der Waals surface area (Å²) >= 11 is 0. The highest BCUT2D eigenvalue weighted by molar-refractivity contribution is 5.91. The minimum absolute atomic E-state index is 0.0725. The van der Waals surface area contributed by atoms with Crippen molar-refractivity contribution in [2.75, 3.05) is 0 Å². The van der Waals surface area contributed by atoms with E-state index in [1.165, 1.54) is 51.9 Å². The lowest BCUT2D eigenvalue weighted by Crippen LogP contribution is -2.28. The zero-order valence-electron chi connectivity index (χ0n) is 16.8. The Kier molecular flexibility index (Phi) is 5.48. The summed E-state index contributed by atoms with van der Waals surface area (Å²) in [5, 5.41) is 5.35. The molecule has 0 N–H and O–H groups in total. The van der Waals surface area contributed by atoms with E-state index >= 15 is 0 Å². The molecular weight excluding hydrogens is 336 g/mol. The van der Waals surface area contributed by atoms with Crippen molar-refractivity contribution in [2.45, 2.75) is 44.4 Å². The molecule has 0 heteroatoms. The zero-order chi connectivity index (χ0) is 19.4. The number of benzene rings is 4. The van der Waals surface area contributed by atoms with Crippen LogP contribution in [0.3, 0.4) is 0 Å². The van der Waals surface area contributed by atoms with Gasteiger partial charge < -0.3 is 0 Å². The van der Waals surface area contributed by atoms with Gasteiger partial charge in [-0.15, -0.1) is 0 Å². The molecule has 1 radical (unpaired) electrons. The first kappa shape index (κ1) is 18.7. The molecule has 0 spiro atoms. The van der Waals surface area contributed by atoms with Crippen molar-refractivity contribution in [3.05, 3.63) is 103 Å². The van der Waals surface area contributed by atoms with Gasteiger partial charge in [0.2, 0.25) is 0 Å². The minimum atomic E-state index is -0.0725. The third-order valence-electron chi connectivity index (χ3n) is 6.24. The molecule has 28 heavy (non-hydrogen) atoms. The van der Waals surface area contributed by atoms with Crippen LogP contribution >= 0.6 is 0 Å². The van der Waals surface area contributed by atoms with Gasteiger partial charge >= 0.3 is 0 Å².